The van der Waals surface area contributed by atoms with Crippen molar-refractivity contribution < 1.29 is 13.2 Å². The molecule has 0 atom stereocenters. The van der Waals surface area contributed by atoms with Crippen LogP contribution < -0.4 is 0 Å². The van der Waals surface area contributed by atoms with Crippen molar-refractivity contribution in [3.63, 3.8) is 0 Å². The lowest BCUT2D eigenvalue weighted by Crippen LogP contribution is -2.10. The van der Waals surface area contributed by atoms with Gasteiger partial charge >= 0.3 is 6.18 Å². The van der Waals surface area contributed by atoms with E-state index >= 15 is 0 Å². The summed E-state index contributed by atoms with van der Waals surface area (Å²) >= 11 is 5.88. The van der Waals surface area contributed by atoms with Gasteiger partial charge in [0, 0.05) is 40.3 Å². The second-order valence-electron chi connectivity index (χ2n) is 6.13. The Labute approximate surface area is 169 Å². The number of pyridine rings is 2. The van der Waals surface area contributed by atoms with Gasteiger partial charge in [-0.15, -0.1) is 0 Å². The maximum Gasteiger partial charge on any atom is 0.433 e. The Balaban J connectivity index is 1.85. The van der Waals surface area contributed by atoms with Crippen LogP contribution in [0.1, 0.15) is 5.69 Å². The van der Waals surface area contributed by atoms with Gasteiger partial charge in [-0.2, -0.15) is 13.2 Å². The summed E-state index contributed by atoms with van der Waals surface area (Å²) in [7, 11) is 0. The van der Waals surface area contributed by atoms with Gasteiger partial charge < -0.3 is 0 Å². The Hall–Kier alpha value is -3.32. The lowest BCUT2D eigenvalue weighted by molar-refractivity contribution is -0.141. The Morgan fingerprint density at radius 3 is 2.03 bits per heavy atom. The molecule has 4 aromatic rings. The first kappa shape index (κ1) is 19.0. The van der Waals surface area contributed by atoms with E-state index in [0.29, 0.717) is 21.8 Å². The number of alkyl halides is 3. The Bertz CT molecular complexity index is 1150. The number of rotatable bonds is 3. The van der Waals surface area contributed by atoms with E-state index in [-0.39, 0.29) is 11.5 Å². The molecular formula is C21H12ClF3N4. The fourth-order valence-corrected chi connectivity index (χ4v) is 2.87. The smallest absolute Gasteiger partial charge is 0.265 e. The maximum absolute atomic E-state index is 13.5. The SMILES string of the molecule is FC(F)(F)c1cc(-c2ccc(Cl)cc2)nc(-c2ccnc(-c3ccncc3)c2)n1. The minimum Gasteiger partial charge on any atom is -0.265 e. The predicted molar refractivity (Wildman–Crippen MR) is 104 cm³/mol. The molecule has 0 fully saturated rings. The summed E-state index contributed by atoms with van der Waals surface area (Å²) in [6.07, 6.45) is 0.128. The average Bonchev–Trinajstić information content (AvgIpc) is 2.74. The van der Waals surface area contributed by atoms with Crippen LogP contribution in [0.15, 0.2) is 73.2 Å². The van der Waals surface area contributed by atoms with Crippen molar-refractivity contribution in [1.29, 1.82) is 0 Å². The summed E-state index contributed by atoms with van der Waals surface area (Å²) in [6, 6.07) is 14.1. The van der Waals surface area contributed by atoms with Crippen LogP contribution in [0.25, 0.3) is 33.9 Å². The lowest BCUT2D eigenvalue weighted by Gasteiger charge is -2.11. The fraction of sp³-hybridized carbons (Fsp3) is 0.0476. The van der Waals surface area contributed by atoms with Crippen LogP contribution in [-0.2, 0) is 6.18 Å². The summed E-state index contributed by atoms with van der Waals surface area (Å²) in [5.41, 5.74) is 1.43. The summed E-state index contributed by atoms with van der Waals surface area (Å²) in [4.78, 5) is 16.3. The molecule has 0 unspecified atom stereocenters. The van der Waals surface area contributed by atoms with Crippen molar-refractivity contribution in [2.75, 3.05) is 0 Å². The van der Waals surface area contributed by atoms with Crippen LogP contribution in [0.4, 0.5) is 13.2 Å². The monoisotopic (exact) mass is 412 g/mol. The molecule has 3 heterocycles. The molecule has 3 aromatic heterocycles. The van der Waals surface area contributed by atoms with Crippen molar-refractivity contribution in [3.05, 3.63) is 83.9 Å². The largest absolute Gasteiger partial charge is 0.433 e. The minimum absolute atomic E-state index is 0.0394. The van der Waals surface area contributed by atoms with E-state index < -0.39 is 11.9 Å². The standard InChI is InChI=1S/C21H12ClF3N4/c22-16-3-1-13(2-4-16)18-12-19(21(23,24)25)29-20(28-18)15-7-10-27-17(11-15)14-5-8-26-9-6-14/h1-12H. The van der Waals surface area contributed by atoms with Crippen LogP contribution in [0.2, 0.25) is 5.02 Å². The van der Waals surface area contributed by atoms with Gasteiger partial charge in [0.1, 0.15) is 5.69 Å². The van der Waals surface area contributed by atoms with Crippen molar-refractivity contribution in [2.24, 2.45) is 0 Å². The Kier molecular flexibility index (Phi) is 4.98. The summed E-state index contributed by atoms with van der Waals surface area (Å²) < 4.78 is 40.4. The molecule has 144 valence electrons. The van der Waals surface area contributed by atoms with Gasteiger partial charge in [0.2, 0.25) is 0 Å². The quantitative estimate of drug-likeness (QED) is 0.418. The van der Waals surface area contributed by atoms with E-state index in [9.17, 15) is 13.2 Å². The molecule has 1 aromatic carbocycles. The van der Waals surface area contributed by atoms with Crippen LogP contribution in [-0.4, -0.2) is 19.9 Å². The van der Waals surface area contributed by atoms with Gasteiger partial charge in [-0.3, -0.25) is 9.97 Å². The maximum atomic E-state index is 13.5. The lowest BCUT2D eigenvalue weighted by atomic mass is 10.1. The van der Waals surface area contributed by atoms with Crippen LogP contribution in [0.3, 0.4) is 0 Å². The van der Waals surface area contributed by atoms with Gasteiger partial charge in [0.05, 0.1) is 11.4 Å². The average molecular weight is 413 g/mol. The van der Waals surface area contributed by atoms with Crippen LogP contribution >= 0.6 is 11.6 Å². The molecule has 0 N–H and O–H groups in total. The number of hydrogen-bond donors (Lipinski definition) is 0. The van der Waals surface area contributed by atoms with Gasteiger partial charge in [-0.05, 0) is 42.5 Å². The fourth-order valence-electron chi connectivity index (χ4n) is 2.74. The molecule has 0 amide bonds. The molecule has 29 heavy (non-hydrogen) atoms. The number of nitrogens with zero attached hydrogens (tertiary/aromatic N) is 4. The minimum atomic E-state index is -4.61. The van der Waals surface area contributed by atoms with E-state index in [2.05, 4.69) is 19.9 Å². The summed E-state index contributed by atoms with van der Waals surface area (Å²) in [5.74, 6) is -0.0394. The van der Waals surface area contributed by atoms with Crippen molar-refractivity contribution in [1.82, 2.24) is 19.9 Å². The number of aromatic nitrogens is 4. The van der Waals surface area contributed by atoms with Crippen molar-refractivity contribution in [3.8, 4) is 33.9 Å². The zero-order valence-electron chi connectivity index (χ0n) is 14.7. The molecule has 0 aliphatic carbocycles. The number of hydrogen-bond acceptors (Lipinski definition) is 4. The van der Waals surface area contributed by atoms with Crippen LogP contribution in [0, 0.1) is 0 Å². The van der Waals surface area contributed by atoms with Crippen molar-refractivity contribution >= 4 is 11.6 Å². The first-order valence-corrected chi connectivity index (χ1v) is 8.87. The molecule has 0 saturated carbocycles. The molecular weight excluding hydrogens is 401 g/mol. The first-order valence-electron chi connectivity index (χ1n) is 8.49. The zero-order valence-corrected chi connectivity index (χ0v) is 15.5. The molecule has 0 saturated heterocycles. The van der Waals surface area contributed by atoms with E-state index in [1.807, 2.05) is 0 Å². The highest BCUT2D eigenvalue weighted by Gasteiger charge is 2.34. The molecule has 8 heteroatoms. The van der Waals surface area contributed by atoms with E-state index in [0.717, 1.165) is 11.6 Å². The second kappa shape index (κ2) is 7.60. The van der Waals surface area contributed by atoms with Crippen LogP contribution in [0.5, 0.6) is 0 Å². The van der Waals surface area contributed by atoms with Crippen molar-refractivity contribution in [2.45, 2.75) is 6.18 Å². The van der Waals surface area contributed by atoms with E-state index in [4.69, 9.17) is 11.6 Å². The van der Waals surface area contributed by atoms with Gasteiger partial charge in [0.15, 0.2) is 5.82 Å². The predicted octanol–water partition coefficient (Wildman–Crippen LogP) is 5.94. The molecule has 4 rings (SSSR count). The summed E-state index contributed by atoms with van der Waals surface area (Å²) in [6.45, 7) is 0. The van der Waals surface area contributed by atoms with E-state index in [1.54, 1.807) is 60.9 Å². The molecule has 0 radical (unpaired) electrons. The third-order valence-electron chi connectivity index (χ3n) is 4.15. The topological polar surface area (TPSA) is 51.6 Å². The van der Waals surface area contributed by atoms with E-state index in [1.165, 1.54) is 6.20 Å². The number of benzene rings is 1. The third kappa shape index (κ3) is 4.25. The van der Waals surface area contributed by atoms with Gasteiger partial charge in [0.25, 0.3) is 0 Å². The highest BCUT2D eigenvalue weighted by Crippen LogP contribution is 2.33. The van der Waals surface area contributed by atoms with Gasteiger partial charge in [-0.25, -0.2) is 9.97 Å². The zero-order chi connectivity index (χ0) is 20.4. The van der Waals surface area contributed by atoms with Gasteiger partial charge in [-0.1, -0.05) is 23.7 Å². The molecule has 0 aliphatic rings. The molecule has 0 spiro atoms. The highest BCUT2D eigenvalue weighted by molar-refractivity contribution is 6.30. The normalized spacial score (nSPS) is 11.4. The Morgan fingerprint density at radius 2 is 1.34 bits per heavy atom. The number of halogens is 4. The second-order valence-corrected chi connectivity index (χ2v) is 6.57. The third-order valence-corrected chi connectivity index (χ3v) is 4.40. The molecule has 0 bridgehead atoms. The molecule has 0 aliphatic heterocycles. The summed E-state index contributed by atoms with van der Waals surface area (Å²) in [5, 5.41) is 0.482. The molecule has 4 nitrogen and oxygen atoms in total. The first-order chi connectivity index (χ1) is 13.9. The Morgan fingerprint density at radius 1 is 0.690 bits per heavy atom. The highest BCUT2D eigenvalue weighted by atomic mass is 35.5.